The van der Waals surface area contributed by atoms with Crippen LogP contribution < -0.4 is 5.73 Å². The second-order valence-electron chi connectivity index (χ2n) is 2.34. The largest absolute Gasteiger partial charge is 0.344 e. The van der Waals surface area contributed by atoms with Crippen molar-refractivity contribution < 1.29 is 32.7 Å². The Morgan fingerprint density at radius 2 is 1.43 bits per heavy atom. The Morgan fingerprint density at radius 3 is 1.64 bits per heavy atom. The van der Waals surface area contributed by atoms with Gasteiger partial charge in [0.2, 0.25) is 0 Å². The van der Waals surface area contributed by atoms with Crippen LogP contribution >= 0.6 is 0 Å². The molecule has 0 saturated carbocycles. The number of rotatable bonds is 1. The van der Waals surface area contributed by atoms with E-state index in [9.17, 15) is 0 Å². The van der Waals surface area contributed by atoms with Crippen LogP contribution in [-0.4, -0.2) is 7.05 Å². The van der Waals surface area contributed by atoms with E-state index in [0.717, 1.165) is 12.8 Å². The van der Waals surface area contributed by atoms with Gasteiger partial charge in [-0.05, 0) is 19.0 Å². The molecule has 1 aromatic carbocycles. The maximum Gasteiger partial charge on any atom is 0 e. The molecule has 14 heavy (non-hydrogen) atoms. The molecule has 0 aliphatic rings. The standard InChI is InChI=1S/C8H10.C3H7.CH5N.Y/c1-2-8-6-4-3-5-7-8;1-3-2;1-2;/h3-7H,2H2,1H3;1,3H2,2H3;2H2,1H3;/q;-1;;. The van der Waals surface area contributed by atoms with Crippen molar-refractivity contribution in [3.8, 4) is 0 Å². The van der Waals surface area contributed by atoms with Crippen molar-refractivity contribution in [2.45, 2.75) is 26.7 Å². The minimum Gasteiger partial charge on any atom is -0.344 e. The predicted molar refractivity (Wildman–Crippen MR) is 61.6 cm³/mol. The van der Waals surface area contributed by atoms with Crippen molar-refractivity contribution in [3.05, 3.63) is 42.8 Å². The summed E-state index contributed by atoms with van der Waals surface area (Å²) in [7, 11) is 1.50. The first-order valence-electron chi connectivity index (χ1n) is 4.76. The zero-order chi connectivity index (χ0) is 10.5. The molecule has 0 atom stereocenters. The molecule has 0 aliphatic carbocycles. The van der Waals surface area contributed by atoms with Crippen molar-refractivity contribution in [2.24, 2.45) is 5.73 Å². The Balaban J connectivity index is -0.000000176. The van der Waals surface area contributed by atoms with Crippen molar-refractivity contribution in [1.29, 1.82) is 0 Å². The summed E-state index contributed by atoms with van der Waals surface area (Å²) in [6, 6.07) is 10.5. The topological polar surface area (TPSA) is 26.0 Å². The van der Waals surface area contributed by atoms with Crippen molar-refractivity contribution in [3.63, 3.8) is 0 Å². The molecule has 79 valence electrons. The van der Waals surface area contributed by atoms with Gasteiger partial charge in [-0.3, -0.25) is 0 Å². The molecule has 0 amide bonds. The van der Waals surface area contributed by atoms with Gasteiger partial charge in [0.1, 0.15) is 0 Å². The summed E-state index contributed by atoms with van der Waals surface area (Å²) in [5, 5.41) is 0. The van der Waals surface area contributed by atoms with E-state index in [4.69, 9.17) is 0 Å². The number of nitrogens with two attached hydrogens (primary N) is 1. The first kappa shape index (κ1) is 19.8. The van der Waals surface area contributed by atoms with Crippen LogP contribution in [0.15, 0.2) is 30.3 Å². The third kappa shape index (κ3) is 14.8. The first-order chi connectivity index (χ1) is 6.35. The van der Waals surface area contributed by atoms with E-state index in [-0.39, 0.29) is 32.7 Å². The van der Waals surface area contributed by atoms with Crippen LogP contribution in [0.25, 0.3) is 0 Å². The SMILES string of the molecule is CCc1ccccc1.CN.[CH2-]CC.[Y]. The molecule has 1 nitrogen and oxygen atoms in total. The number of hydrogen-bond donors (Lipinski definition) is 1. The molecule has 0 spiro atoms. The summed E-state index contributed by atoms with van der Waals surface area (Å²) < 4.78 is 0. The Labute approximate surface area is 114 Å². The number of hydrogen-bond acceptors (Lipinski definition) is 1. The predicted octanol–water partition coefficient (Wildman–Crippen LogP) is 3.05. The van der Waals surface area contributed by atoms with E-state index in [1.165, 1.54) is 12.6 Å². The molecule has 2 heteroatoms. The van der Waals surface area contributed by atoms with Crippen LogP contribution in [0.4, 0.5) is 0 Å². The number of aryl methyl sites for hydroxylation is 1. The third-order valence-electron chi connectivity index (χ3n) is 1.25. The quantitative estimate of drug-likeness (QED) is 0.779. The normalized spacial score (nSPS) is 6.93. The summed E-state index contributed by atoms with van der Waals surface area (Å²) >= 11 is 0. The molecule has 0 bridgehead atoms. The second-order valence-corrected chi connectivity index (χ2v) is 2.34. The third-order valence-corrected chi connectivity index (χ3v) is 1.25. The summed E-state index contributed by atoms with van der Waals surface area (Å²) in [5.74, 6) is 0. The molecule has 0 heterocycles. The first-order valence-corrected chi connectivity index (χ1v) is 4.76. The van der Waals surface area contributed by atoms with Gasteiger partial charge < -0.3 is 12.7 Å². The van der Waals surface area contributed by atoms with E-state index >= 15 is 0 Å². The van der Waals surface area contributed by atoms with E-state index in [1.807, 2.05) is 13.0 Å². The van der Waals surface area contributed by atoms with Crippen LogP contribution in [0, 0.1) is 6.92 Å². The molecular formula is C12H22NY-. The van der Waals surface area contributed by atoms with E-state index in [0.29, 0.717) is 0 Å². The number of benzene rings is 1. The van der Waals surface area contributed by atoms with Crippen LogP contribution in [0.5, 0.6) is 0 Å². The average molecular weight is 269 g/mol. The van der Waals surface area contributed by atoms with Gasteiger partial charge >= 0.3 is 0 Å². The Kier molecular flexibility index (Phi) is 26.8. The van der Waals surface area contributed by atoms with Crippen molar-refractivity contribution in [1.82, 2.24) is 0 Å². The van der Waals surface area contributed by atoms with Gasteiger partial charge in [0.15, 0.2) is 0 Å². The second kappa shape index (κ2) is 19.0. The van der Waals surface area contributed by atoms with Crippen LogP contribution in [0.3, 0.4) is 0 Å². The van der Waals surface area contributed by atoms with Crippen LogP contribution in [-0.2, 0) is 39.1 Å². The molecule has 0 saturated heterocycles. The molecular weight excluding hydrogens is 247 g/mol. The zero-order valence-corrected chi connectivity index (χ0v) is 12.5. The fourth-order valence-electron chi connectivity index (χ4n) is 0.714. The van der Waals surface area contributed by atoms with Gasteiger partial charge in [-0.1, -0.05) is 44.2 Å². The summed E-state index contributed by atoms with van der Waals surface area (Å²) in [6.45, 7) is 7.66. The summed E-state index contributed by atoms with van der Waals surface area (Å²) in [5.41, 5.74) is 5.91. The van der Waals surface area contributed by atoms with Crippen LogP contribution in [0.2, 0.25) is 0 Å². The van der Waals surface area contributed by atoms with Crippen molar-refractivity contribution >= 4 is 0 Å². The molecule has 1 aromatic rings. The fraction of sp³-hybridized carbons (Fsp3) is 0.417. The molecule has 0 unspecified atom stereocenters. The Bertz CT molecular complexity index is 163. The Morgan fingerprint density at radius 1 is 1.07 bits per heavy atom. The minimum absolute atomic E-state index is 0. The molecule has 0 fully saturated rings. The van der Waals surface area contributed by atoms with Gasteiger partial charge in [0.05, 0.1) is 0 Å². The van der Waals surface area contributed by atoms with E-state index in [1.54, 1.807) is 0 Å². The summed E-state index contributed by atoms with van der Waals surface area (Å²) in [6.07, 6.45) is 2.14. The maximum atomic E-state index is 4.50. The van der Waals surface area contributed by atoms with Crippen LogP contribution in [0.1, 0.15) is 25.8 Å². The van der Waals surface area contributed by atoms with Gasteiger partial charge in [-0.2, -0.15) is 6.42 Å². The Hall–Kier alpha value is 0.284. The maximum absolute atomic E-state index is 4.50. The molecule has 0 aliphatic heterocycles. The smallest absolute Gasteiger partial charge is 0 e. The van der Waals surface area contributed by atoms with E-state index in [2.05, 4.69) is 43.8 Å². The van der Waals surface area contributed by atoms with Gasteiger partial charge in [-0.15, -0.1) is 0 Å². The molecule has 0 aromatic heterocycles. The molecule has 1 radical (unpaired) electrons. The average Bonchev–Trinajstić information content (AvgIpc) is 2.23. The van der Waals surface area contributed by atoms with Gasteiger partial charge in [0, 0.05) is 32.7 Å². The van der Waals surface area contributed by atoms with E-state index < -0.39 is 0 Å². The fourth-order valence-corrected chi connectivity index (χ4v) is 0.714. The van der Waals surface area contributed by atoms with Crippen molar-refractivity contribution in [2.75, 3.05) is 7.05 Å². The minimum atomic E-state index is 0. The van der Waals surface area contributed by atoms with Gasteiger partial charge in [-0.25, -0.2) is 0 Å². The monoisotopic (exact) mass is 269 g/mol. The van der Waals surface area contributed by atoms with Gasteiger partial charge in [0.25, 0.3) is 0 Å². The summed E-state index contributed by atoms with van der Waals surface area (Å²) in [4.78, 5) is 0. The molecule has 1 rings (SSSR count). The molecule has 2 N–H and O–H groups in total. The zero-order valence-electron chi connectivity index (χ0n) is 9.66.